The van der Waals surface area contributed by atoms with E-state index in [4.69, 9.17) is 29.3 Å². The number of hydrogen-bond acceptors (Lipinski definition) is 7. The fraction of sp³-hybridized carbons (Fsp3) is 0.538. The van der Waals surface area contributed by atoms with Crippen LogP contribution in [0.2, 0.25) is 0 Å². The van der Waals surface area contributed by atoms with Crippen LogP contribution in [0.25, 0.3) is 0 Å². The zero-order chi connectivity index (χ0) is 30.5. The smallest absolute Gasteiger partial charge is 0.475 e. The molecular weight excluding hydrogens is 564 g/mol. The van der Waals surface area contributed by atoms with E-state index >= 15 is 0 Å². The maximum absolute atomic E-state index is 10.6. The van der Waals surface area contributed by atoms with Crippen molar-refractivity contribution < 1.29 is 55.6 Å². The number of halogens is 6. The van der Waals surface area contributed by atoms with Crippen LogP contribution < -0.4 is 0 Å². The second kappa shape index (κ2) is 15.6. The Labute approximate surface area is 232 Å². The summed E-state index contributed by atoms with van der Waals surface area (Å²) in [6, 6.07) is 8.19. The Morgan fingerprint density at radius 1 is 0.951 bits per heavy atom. The normalized spacial score (nSPS) is 18.5. The molecule has 15 heteroatoms. The predicted molar refractivity (Wildman–Crippen MR) is 131 cm³/mol. The van der Waals surface area contributed by atoms with Crippen molar-refractivity contribution in [1.29, 1.82) is 0 Å². The molecule has 2 aliphatic heterocycles. The van der Waals surface area contributed by atoms with Gasteiger partial charge >= 0.3 is 24.3 Å². The molecule has 2 fully saturated rings. The van der Waals surface area contributed by atoms with Crippen molar-refractivity contribution in [3.8, 4) is 0 Å². The molecule has 0 aromatic carbocycles. The minimum Gasteiger partial charge on any atom is -0.475 e. The molecule has 2 aliphatic rings. The first-order valence-corrected chi connectivity index (χ1v) is 12.5. The van der Waals surface area contributed by atoms with Crippen molar-refractivity contribution in [2.75, 3.05) is 26.3 Å². The van der Waals surface area contributed by atoms with Gasteiger partial charge in [-0.25, -0.2) is 9.59 Å². The van der Waals surface area contributed by atoms with Gasteiger partial charge in [-0.05, 0) is 54.9 Å². The van der Waals surface area contributed by atoms with Crippen molar-refractivity contribution in [2.45, 2.75) is 56.8 Å². The number of rotatable bonds is 7. The van der Waals surface area contributed by atoms with E-state index in [0.717, 1.165) is 57.7 Å². The maximum atomic E-state index is 10.6. The number of carbonyl (C=O) groups is 2. The first kappa shape index (κ1) is 33.9. The van der Waals surface area contributed by atoms with E-state index in [2.05, 4.69) is 27.0 Å². The molecule has 0 saturated carbocycles. The summed E-state index contributed by atoms with van der Waals surface area (Å²) in [6.07, 6.45) is 1.81. The van der Waals surface area contributed by atoms with E-state index in [0.29, 0.717) is 12.5 Å². The first-order chi connectivity index (χ1) is 19.2. The van der Waals surface area contributed by atoms with Crippen molar-refractivity contribution >= 4 is 11.9 Å². The molecule has 2 aromatic rings. The van der Waals surface area contributed by atoms with Crippen LogP contribution in [0.1, 0.15) is 36.8 Å². The monoisotopic (exact) mass is 595 g/mol. The molecule has 2 saturated heterocycles. The molecule has 9 nitrogen and oxygen atoms in total. The number of aliphatic carboxylic acids is 2. The summed E-state index contributed by atoms with van der Waals surface area (Å²) in [4.78, 5) is 28.7. The topological polar surface area (TPSA) is 122 Å². The van der Waals surface area contributed by atoms with Crippen LogP contribution >= 0.6 is 0 Å². The number of piperidine rings is 1. The fourth-order valence-corrected chi connectivity index (χ4v) is 4.48. The third-order valence-corrected chi connectivity index (χ3v) is 6.52. The largest absolute Gasteiger partial charge is 0.490 e. The Bertz CT molecular complexity index is 1040. The van der Waals surface area contributed by atoms with Gasteiger partial charge in [0, 0.05) is 57.6 Å². The van der Waals surface area contributed by atoms with Gasteiger partial charge in [0.1, 0.15) is 0 Å². The summed E-state index contributed by atoms with van der Waals surface area (Å²) < 4.78 is 75.7. The minimum absolute atomic E-state index is 0.0725. The van der Waals surface area contributed by atoms with Crippen LogP contribution in [0.3, 0.4) is 0 Å². The lowest BCUT2D eigenvalue weighted by molar-refractivity contribution is -0.193. The lowest BCUT2D eigenvalue weighted by Gasteiger charge is -2.42. The summed E-state index contributed by atoms with van der Waals surface area (Å²) in [5.41, 5.74) is 2.50. The molecule has 4 rings (SSSR count). The van der Waals surface area contributed by atoms with Gasteiger partial charge in [0.05, 0.1) is 12.2 Å². The van der Waals surface area contributed by atoms with Crippen LogP contribution in [0.5, 0.6) is 0 Å². The summed E-state index contributed by atoms with van der Waals surface area (Å²) in [7, 11) is 0. The Balaban J connectivity index is 0.000000349. The summed E-state index contributed by atoms with van der Waals surface area (Å²) in [5.74, 6) is -4.90. The van der Waals surface area contributed by atoms with E-state index in [-0.39, 0.29) is 5.60 Å². The lowest BCUT2D eigenvalue weighted by atomic mass is 9.78. The minimum atomic E-state index is -5.08. The molecule has 41 heavy (non-hydrogen) atoms. The van der Waals surface area contributed by atoms with E-state index in [1.807, 2.05) is 30.7 Å². The second-order valence-electron chi connectivity index (χ2n) is 9.34. The SMILES string of the molecule is O=C(O)C(F)(F)F.O=C(O)C(F)(F)F.c1cncc(COCCC2CCOC23CCN(Cc2cccnc2)CC3)c1. The average molecular weight is 596 g/mol. The van der Waals surface area contributed by atoms with Crippen molar-refractivity contribution in [1.82, 2.24) is 14.9 Å². The summed E-state index contributed by atoms with van der Waals surface area (Å²) in [5, 5.41) is 14.2. The van der Waals surface area contributed by atoms with Gasteiger partial charge in [-0.1, -0.05) is 12.1 Å². The van der Waals surface area contributed by atoms with Crippen LogP contribution in [0.15, 0.2) is 49.1 Å². The van der Waals surface area contributed by atoms with Crippen molar-refractivity contribution in [3.05, 3.63) is 60.2 Å². The van der Waals surface area contributed by atoms with Crippen molar-refractivity contribution in [2.24, 2.45) is 5.92 Å². The van der Waals surface area contributed by atoms with E-state index in [1.165, 1.54) is 12.0 Å². The molecule has 0 aliphatic carbocycles. The van der Waals surface area contributed by atoms with Gasteiger partial charge in [-0.3, -0.25) is 14.9 Å². The molecule has 1 spiro atoms. The Kier molecular flexibility index (Phi) is 12.9. The van der Waals surface area contributed by atoms with Crippen LogP contribution in [-0.2, 0) is 32.2 Å². The molecule has 4 heterocycles. The quantitative estimate of drug-likeness (QED) is 0.346. The highest BCUT2D eigenvalue weighted by atomic mass is 19.4. The van der Waals surface area contributed by atoms with E-state index in [1.54, 1.807) is 6.20 Å². The molecule has 228 valence electrons. The average Bonchev–Trinajstić information content (AvgIpc) is 3.30. The van der Waals surface area contributed by atoms with Crippen molar-refractivity contribution in [3.63, 3.8) is 0 Å². The Hall–Kier alpha value is -3.30. The molecule has 2 N–H and O–H groups in total. The third kappa shape index (κ3) is 12.0. The van der Waals surface area contributed by atoms with E-state index in [9.17, 15) is 26.3 Å². The number of alkyl halides is 6. The third-order valence-electron chi connectivity index (χ3n) is 6.52. The van der Waals surface area contributed by atoms with Gasteiger partial charge in [0.2, 0.25) is 0 Å². The molecule has 0 amide bonds. The van der Waals surface area contributed by atoms with Crippen LogP contribution in [-0.4, -0.2) is 81.3 Å². The van der Waals surface area contributed by atoms with Gasteiger partial charge in [-0.15, -0.1) is 0 Å². The van der Waals surface area contributed by atoms with Crippen LogP contribution in [0.4, 0.5) is 26.3 Å². The first-order valence-electron chi connectivity index (χ1n) is 12.5. The molecular formula is C26H31F6N3O6. The standard InChI is InChI=1S/C22H29N3O2.2C2HF3O2/c1-3-19(15-23-9-1)17-25-11-7-22(8-12-25)21(6-14-27-22)5-13-26-18-20-4-2-10-24-16-20;2*3-2(4,5)1(6)7/h1-4,9-10,15-16,21H,5-8,11-14,17-18H2;2*(H,6,7). The highest BCUT2D eigenvalue weighted by Crippen LogP contribution is 2.42. The number of aromatic nitrogens is 2. The lowest BCUT2D eigenvalue weighted by Crippen LogP contribution is -2.47. The molecule has 0 radical (unpaired) electrons. The fourth-order valence-electron chi connectivity index (χ4n) is 4.48. The van der Waals surface area contributed by atoms with Gasteiger partial charge in [0.25, 0.3) is 0 Å². The molecule has 1 unspecified atom stereocenters. The number of nitrogens with zero attached hydrogens (tertiary/aromatic N) is 3. The number of carboxylic acids is 2. The van der Waals surface area contributed by atoms with Gasteiger partial charge < -0.3 is 19.7 Å². The zero-order valence-electron chi connectivity index (χ0n) is 21.9. The van der Waals surface area contributed by atoms with Gasteiger partial charge in [-0.2, -0.15) is 26.3 Å². The highest BCUT2D eigenvalue weighted by Gasteiger charge is 2.45. The number of hydrogen-bond donors (Lipinski definition) is 2. The number of likely N-dealkylation sites (tertiary alicyclic amines) is 1. The number of pyridine rings is 2. The molecule has 1 atom stereocenters. The van der Waals surface area contributed by atoms with Crippen LogP contribution in [0, 0.1) is 5.92 Å². The zero-order valence-corrected chi connectivity index (χ0v) is 21.9. The predicted octanol–water partition coefficient (Wildman–Crippen LogP) is 4.72. The molecule has 2 aromatic heterocycles. The number of carboxylic acid groups (broad SMARTS) is 2. The highest BCUT2D eigenvalue weighted by molar-refractivity contribution is 5.73. The van der Waals surface area contributed by atoms with E-state index < -0.39 is 24.3 Å². The number of ether oxygens (including phenoxy) is 2. The summed E-state index contributed by atoms with van der Waals surface area (Å²) >= 11 is 0. The Morgan fingerprint density at radius 3 is 1.93 bits per heavy atom. The maximum Gasteiger partial charge on any atom is 0.490 e. The second-order valence-corrected chi connectivity index (χ2v) is 9.34. The summed E-state index contributed by atoms with van der Waals surface area (Å²) in [6.45, 7) is 5.53. The van der Waals surface area contributed by atoms with Gasteiger partial charge in [0.15, 0.2) is 0 Å². The molecule has 0 bridgehead atoms. The Morgan fingerprint density at radius 2 is 1.46 bits per heavy atom.